The quantitative estimate of drug-likeness (QED) is 0.617. The first-order valence-corrected chi connectivity index (χ1v) is 11.5. The summed E-state index contributed by atoms with van der Waals surface area (Å²) in [6, 6.07) is 2.20. The number of sulfone groups is 1. The first kappa shape index (κ1) is 21.1. The number of Topliss-reactive ketones (excluding diaryl/α,β-unsaturated/α-hetero) is 1. The van der Waals surface area contributed by atoms with E-state index in [1.165, 1.54) is 40.7 Å². The van der Waals surface area contributed by atoms with Crippen LogP contribution in [0.2, 0.25) is 0 Å². The Morgan fingerprint density at radius 2 is 1.69 bits per heavy atom. The number of hydrogen-bond acceptors (Lipinski definition) is 3. The molecule has 0 bridgehead atoms. The van der Waals surface area contributed by atoms with E-state index in [-0.39, 0.29) is 11.5 Å². The molecule has 0 fully saturated rings. The van der Waals surface area contributed by atoms with Crippen molar-refractivity contribution in [3.05, 3.63) is 33.9 Å². The van der Waals surface area contributed by atoms with Crippen molar-refractivity contribution in [3.63, 3.8) is 0 Å². The molecule has 0 amide bonds. The van der Waals surface area contributed by atoms with Crippen LogP contribution in [0.25, 0.3) is 0 Å². The summed E-state index contributed by atoms with van der Waals surface area (Å²) in [7, 11) is -3.05. The molecule has 146 valence electrons. The van der Waals surface area contributed by atoms with E-state index >= 15 is 0 Å². The fraction of sp³-hybridized carbons (Fsp3) is 0.682. The van der Waals surface area contributed by atoms with E-state index < -0.39 is 14.6 Å². The van der Waals surface area contributed by atoms with Crippen molar-refractivity contribution in [3.8, 4) is 0 Å². The van der Waals surface area contributed by atoms with Crippen LogP contribution in [0.15, 0.2) is 6.07 Å². The number of fused-ring (bicyclic) bond motifs is 1. The fourth-order valence-corrected chi connectivity index (χ4v) is 5.02. The van der Waals surface area contributed by atoms with Gasteiger partial charge in [-0.2, -0.15) is 0 Å². The lowest BCUT2D eigenvalue weighted by molar-refractivity contribution is -0.118. The predicted molar refractivity (Wildman–Crippen MR) is 109 cm³/mol. The van der Waals surface area contributed by atoms with Crippen LogP contribution in [0, 0.1) is 13.8 Å². The second kappa shape index (κ2) is 8.24. The van der Waals surface area contributed by atoms with E-state index in [4.69, 9.17) is 0 Å². The number of rotatable bonds is 8. The first-order chi connectivity index (χ1) is 12.0. The normalized spacial score (nSPS) is 14.5. The monoisotopic (exact) mass is 378 g/mol. The van der Waals surface area contributed by atoms with E-state index in [9.17, 15) is 13.2 Å². The zero-order valence-electron chi connectivity index (χ0n) is 17.1. The van der Waals surface area contributed by atoms with Gasteiger partial charge in [-0.3, -0.25) is 4.79 Å². The molecule has 0 N–H and O–H groups in total. The number of carbonyl (C=O) groups excluding carboxylic acids is 1. The number of unbranched alkanes of at least 4 members (excludes halogenated alkanes) is 2. The summed E-state index contributed by atoms with van der Waals surface area (Å²) >= 11 is 0. The molecular formula is C22H34O3S. The molecule has 0 unspecified atom stereocenters. The molecule has 4 heteroatoms. The van der Waals surface area contributed by atoms with E-state index in [1.807, 2.05) is 0 Å². The molecule has 1 aromatic rings. The van der Waals surface area contributed by atoms with Gasteiger partial charge in [0, 0.05) is 12.8 Å². The molecule has 0 saturated carbocycles. The minimum absolute atomic E-state index is 0.216. The Morgan fingerprint density at radius 1 is 1.04 bits per heavy atom. The Labute approximate surface area is 159 Å². The Morgan fingerprint density at radius 3 is 2.35 bits per heavy atom. The van der Waals surface area contributed by atoms with Crippen LogP contribution in [0.4, 0.5) is 0 Å². The molecule has 3 nitrogen and oxygen atoms in total. The van der Waals surface area contributed by atoms with Gasteiger partial charge in [-0.1, -0.05) is 12.5 Å². The first-order valence-electron chi connectivity index (χ1n) is 9.88. The maximum Gasteiger partial charge on any atom is 0.155 e. The van der Waals surface area contributed by atoms with Crippen molar-refractivity contribution in [2.24, 2.45) is 0 Å². The molecule has 0 atom stereocenters. The van der Waals surface area contributed by atoms with Crippen LogP contribution < -0.4 is 0 Å². The summed E-state index contributed by atoms with van der Waals surface area (Å²) in [5, 5.41) is 0. The molecule has 0 spiro atoms. The number of carbonyl (C=O) groups is 1. The lowest BCUT2D eigenvalue weighted by atomic mass is 9.91. The number of hydrogen-bond donors (Lipinski definition) is 0. The van der Waals surface area contributed by atoms with Crippen molar-refractivity contribution in [1.29, 1.82) is 0 Å². The lowest BCUT2D eigenvalue weighted by Gasteiger charge is -2.18. The Kier molecular flexibility index (Phi) is 6.70. The van der Waals surface area contributed by atoms with Crippen LogP contribution in [0.1, 0.15) is 80.7 Å². The SMILES string of the molecule is Cc1cc(CC(=O)CCCCCS(=O)(=O)C(C)(C)C)c(C)c2c1CCC2. The van der Waals surface area contributed by atoms with Gasteiger partial charge in [-0.15, -0.1) is 0 Å². The summed E-state index contributed by atoms with van der Waals surface area (Å²) in [6.07, 6.45) is 6.83. The van der Waals surface area contributed by atoms with Crippen molar-refractivity contribution in [1.82, 2.24) is 0 Å². The van der Waals surface area contributed by atoms with Gasteiger partial charge in [0.25, 0.3) is 0 Å². The molecule has 1 aliphatic carbocycles. The van der Waals surface area contributed by atoms with Gasteiger partial charge in [-0.25, -0.2) is 8.42 Å². The largest absolute Gasteiger partial charge is 0.299 e. The van der Waals surface area contributed by atoms with E-state index in [0.29, 0.717) is 19.3 Å². The van der Waals surface area contributed by atoms with Crippen LogP contribution in [0.3, 0.4) is 0 Å². The van der Waals surface area contributed by atoms with Gasteiger partial charge < -0.3 is 0 Å². The smallest absolute Gasteiger partial charge is 0.155 e. The van der Waals surface area contributed by atoms with Crippen molar-refractivity contribution in [2.75, 3.05) is 5.75 Å². The zero-order valence-corrected chi connectivity index (χ0v) is 17.9. The molecule has 2 rings (SSSR count). The maximum absolute atomic E-state index is 12.4. The molecule has 0 saturated heterocycles. The number of benzene rings is 1. The van der Waals surface area contributed by atoms with Crippen LogP contribution in [0.5, 0.6) is 0 Å². The minimum Gasteiger partial charge on any atom is -0.299 e. The maximum atomic E-state index is 12.4. The third-order valence-corrected chi connectivity index (χ3v) is 8.40. The fourth-order valence-electron chi connectivity index (χ4n) is 3.82. The second-order valence-electron chi connectivity index (χ2n) is 8.75. The van der Waals surface area contributed by atoms with Gasteiger partial charge in [0.1, 0.15) is 5.78 Å². The summed E-state index contributed by atoms with van der Waals surface area (Å²) in [4.78, 5) is 12.4. The van der Waals surface area contributed by atoms with Crippen LogP contribution >= 0.6 is 0 Å². The van der Waals surface area contributed by atoms with Crippen LogP contribution in [-0.2, 0) is 33.9 Å². The van der Waals surface area contributed by atoms with E-state index in [1.54, 1.807) is 20.8 Å². The zero-order chi connectivity index (χ0) is 19.5. The summed E-state index contributed by atoms with van der Waals surface area (Å²) < 4.78 is 23.5. The predicted octanol–water partition coefficient (Wildman–Crippen LogP) is 4.68. The average Bonchev–Trinajstić information content (AvgIpc) is 3.01. The molecule has 0 radical (unpaired) electrons. The van der Waals surface area contributed by atoms with Gasteiger partial charge in [0.15, 0.2) is 9.84 Å². The van der Waals surface area contributed by atoms with E-state index in [2.05, 4.69) is 19.9 Å². The molecular weight excluding hydrogens is 344 g/mol. The molecule has 26 heavy (non-hydrogen) atoms. The molecule has 1 aromatic carbocycles. The lowest BCUT2D eigenvalue weighted by Crippen LogP contribution is -2.30. The van der Waals surface area contributed by atoms with Gasteiger partial charge >= 0.3 is 0 Å². The standard InChI is InChI=1S/C22H34O3S/c1-16-14-18(17(2)21-12-9-11-20(16)21)15-19(23)10-7-6-8-13-26(24,25)22(3,4)5/h14H,6-13,15H2,1-5H3. The van der Waals surface area contributed by atoms with E-state index in [0.717, 1.165) is 19.3 Å². The number of aryl methyl sites for hydroxylation is 1. The Bertz CT molecular complexity index is 768. The highest BCUT2D eigenvalue weighted by Gasteiger charge is 2.28. The summed E-state index contributed by atoms with van der Waals surface area (Å²) in [6.45, 7) is 9.54. The van der Waals surface area contributed by atoms with Gasteiger partial charge in [0.05, 0.1) is 10.5 Å². The molecule has 1 aliphatic rings. The topological polar surface area (TPSA) is 51.2 Å². The minimum atomic E-state index is -3.05. The van der Waals surface area contributed by atoms with Crippen LogP contribution in [-0.4, -0.2) is 24.7 Å². The molecule has 0 heterocycles. The molecule has 0 aliphatic heterocycles. The van der Waals surface area contributed by atoms with Crippen molar-refractivity contribution < 1.29 is 13.2 Å². The van der Waals surface area contributed by atoms with Crippen molar-refractivity contribution in [2.45, 2.75) is 90.7 Å². The summed E-state index contributed by atoms with van der Waals surface area (Å²) in [5.74, 6) is 0.484. The highest BCUT2D eigenvalue weighted by molar-refractivity contribution is 7.92. The third kappa shape index (κ3) is 4.97. The second-order valence-corrected chi connectivity index (χ2v) is 11.6. The Balaban J connectivity index is 1.81. The Hall–Kier alpha value is -1.16. The van der Waals surface area contributed by atoms with Gasteiger partial charge in [0.2, 0.25) is 0 Å². The molecule has 0 aromatic heterocycles. The van der Waals surface area contributed by atoms with Crippen molar-refractivity contribution >= 4 is 15.6 Å². The highest BCUT2D eigenvalue weighted by Crippen LogP contribution is 2.31. The average molecular weight is 379 g/mol. The van der Waals surface area contributed by atoms with Gasteiger partial charge in [-0.05, 0) is 94.5 Å². The summed E-state index contributed by atoms with van der Waals surface area (Å²) in [5.41, 5.74) is 6.80. The highest BCUT2D eigenvalue weighted by atomic mass is 32.2. The third-order valence-electron chi connectivity index (χ3n) is 5.71. The number of ketones is 1.